The molecule has 5 nitrogen and oxygen atoms in total. The predicted molar refractivity (Wildman–Crippen MR) is 71.2 cm³/mol. The van der Waals surface area contributed by atoms with E-state index in [1.165, 1.54) is 11.8 Å². The average Bonchev–Trinajstić information content (AvgIpc) is 2.73. The number of nitrogens with zero attached hydrogens (tertiary/aromatic N) is 2. The van der Waals surface area contributed by atoms with Crippen LogP contribution in [-0.2, 0) is 0 Å². The number of ether oxygens (including phenoxy) is 1. The van der Waals surface area contributed by atoms with E-state index in [4.69, 9.17) is 10.5 Å². The molecule has 1 aromatic carbocycles. The van der Waals surface area contributed by atoms with Crippen LogP contribution in [0.3, 0.4) is 0 Å². The van der Waals surface area contributed by atoms with Crippen molar-refractivity contribution in [2.75, 3.05) is 18.1 Å². The molecule has 0 saturated carbocycles. The maximum atomic E-state index is 5.55. The number of thioether (sulfide) groups is 1. The van der Waals surface area contributed by atoms with E-state index in [1.54, 1.807) is 0 Å². The molecule has 0 radical (unpaired) electrons. The Bertz CT molecular complexity index is 473. The molecule has 0 spiro atoms. The SMILES string of the molecule is Nc1nc(SCCOc2ccc(Br)cc2)n[nH]1. The molecule has 0 fully saturated rings. The summed E-state index contributed by atoms with van der Waals surface area (Å²) in [5.74, 6) is 1.96. The number of H-pyrrole nitrogens is 1. The van der Waals surface area contributed by atoms with Crippen LogP contribution in [0.4, 0.5) is 5.95 Å². The van der Waals surface area contributed by atoms with Crippen molar-refractivity contribution in [1.82, 2.24) is 15.2 Å². The summed E-state index contributed by atoms with van der Waals surface area (Å²) >= 11 is 4.86. The van der Waals surface area contributed by atoms with Crippen molar-refractivity contribution in [1.29, 1.82) is 0 Å². The first-order valence-corrected chi connectivity index (χ1v) is 6.71. The van der Waals surface area contributed by atoms with E-state index < -0.39 is 0 Å². The molecule has 0 aliphatic carbocycles. The second-order valence-electron chi connectivity index (χ2n) is 3.15. The van der Waals surface area contributed by atoms with Crippen LogP contribution in [0.5, 0.6) is 5.75 Å². The van der Waals surface area contributed by atoms with Crippen molar-refractivity contribution in [3.63, 3.8) is 0 Å². The van der Waals surface area contributed by atoms with Gasteiger partial charge >= 0.3 is 0 Å². The predicted octanol–water partition coefficient (Wildman–Crippen LogP) is 2.32. The number of nitrogens with one attached hydrogen (secondary N) is 1. The van der Waals surface area contributed by atoms with E-state index in [1.807, 2.05) is 24.3 Å². The first-order chi connectivity index (χ1) is 8.24. The zero-order valence-electron chi connectivity index (χ0n) is 8.89. The van der Waals surface area contributed by atoms with Crippen molar-refractivity contribution >= 4 is 33.6 Å². The summed E-state index contributed by atoms with van der Waals surface area (Å²) < 4.78 is 6.59. The molecule has 0 aliphatic rings. The van der Waals surface area contributed by atoms with Crippen LogP contribution in [0.25, 0.3) is 0 Å². The Labute approximate surface area is 111 Å². The zero-order valence-corrected chi connectivity index (χ0v) is 11.3. The van der Waals surface area contributed by atoms with E-state index in [0.717, 1.165) is 16.0 Å². The fraction of sp³-hybridized carbons (Fsp3) is 0.200. The molecule has 2 rings (SSSR count). The van der Waals surface area contributed by atoms with Crippen LogP contribution in [-0.4, -0.2) is 27.5 Å². The minimum Gasteiger partial charge on any atom is -0.493 e. The zero-order chi connectivity index (χ0) is 12.1. The van der Waals surface area contributed by atoms with Crippen LogP contribution >= 0.6 is 27.7 Å². The maximum Gasteiger partial charge on any atom is 0.216 e. The molecule has 17 heavy (non-hydrogen) atoms. The van der Waals surface area contributed by atoms with E-state index in [-0.39, 0.29) is 0 Å². The van der Waals surface area contributed by atoms with Gasteiger partial charge in [0, 0.05) is 10.2 Å². The summed E-state index contributed by atoms with van der Waals surface area (Å²) in [6.45, 7) is 0.598. The summed E-state index contributed by atoms with van der Waals surface area (Å²) in [7, 11) is 0. The number of nitrogen functional groups attached to an aromatic ring is 1. The quantitative estimate of drug-likeness (QED) is 0.654. The van der Waals surface area contributed by atoms with Crippen LogP contribution in [0.2, 0.25) is 0 Å². The van der Waals surface area contributed by atoms with Gasteiger partial charge in [-0.05, 0) is 24.3 Å². The molecular weight excluding hydrogens is 304 g/mol. The van der Waals surface area contributed by atoms with Gasteiger partial charge in [0.05, 0.1) is 6.61 Å². The number of aromatic nitrogens is 3. The lowest BCUT2D eigenvalue weighted by molar-refractivity contribution is 0.344. The highest BCUT2D eigenvalue weighted by atomic mass is 79.9. The van der Waals surface area contributed by atoms with Crippen molar-refractivity contribution in [3.05, 3.63) is 28.7 Å². The summed E-state index contributed by atoms with van der Waals surface area (Å²) in [4.78, 5) is 3.98. The minimum atomic E-state index is 0.335. The third-order valence-electron chi connectivity index (χ3n) is 1.88. The van der Waals surface area contributed by atoms with Crippen molar-refractivity contribution in [3.8, 4) is 5.75 Å². The summed E-state index contributed by atoms with van der Waals surface area (Å²) in [6, 6.07) is 7.72. The van der Waals surface area contributed by atoms with Gasteiger partial charge in [-0.1, -0.05) is 27.7 Å². The van der Waals surface area contributed by atoms with Gasteiger partial charge < -0.3 is 10.5 Å². The molecule has 2 aromatic rings. The van der Waals surface area contributed by atoms with Gasteiger partial charge in [-0.25, -0.2) is 5.10 Å². The second-order valence-corrected chi connectivity index (χ2v) is 5.13. The normalized spacial score (nSPS) is 10.4. The van der Waals surface area contributed by atoms with Crippen LogP contribution < -0.4 is 10.5 Å². The highest BCUT2D eigenvalue weighted by Crippen LogP contribution is 2.17. The first kappa shape index (κ1) is 12.3. The molecule has 1 aromatic heterocycles. The molecule has 0 atom stereocenters. The standard InChI is InChI=1S/C10H11BrN4OS/c11-7-1-3-8(4-2-7)16-5-6-17-10-13-9(12)14-15-10/h1-4H,5-6H2,(H3,12,13,14,15). The molecule has 1 heterocycles. The Kier molecular flexibility index (Phi) is 4.27. The first-order valence-electron chi connectivity index (χ1n) is 4.93. The summed E-state index contributed by atoms with van der Waals surface area (Å²) in [6.07, 6.45) is 0. The Morgan fingerprint density at radius 2 is 2.12 bits per heavy atom. The highest BCUT2D eigenvalue weighted by Gasteiger charge is 2.00. The number of hydrogen-bond donors (Lipinski definition) is 2. The van der Waals surface area contributed by atoms with Crippen molar-refractivity contribution in [2.45, 2.75) is 5.16 Å². The molecular formula is C10H11BrN4OS. The summed E-state index contributed by atoms with van der Waals surface area (Å²) in [5, 5.41) is 7.14. The minimum absolute atomic E-state index is 0.335. The number of hydrogen-bond acceptors (Lipinski definition) is 5. The Morgan fingerprint density at radius 1 is 1.35 bits per heavy atom. The Hall–Kier alpha value is -1.21. The fourth-order valence-corrected chi connectivity index (χ4v) is 2.03. The van der Waals surface area contributed by atoms with Gasteiger partial charge in [-0.3, -0.25) is 0 Å². The van der Waals surface area contributed by atoms with Gasteiger partial charge in [0.15, 0.2) is 0 Å². The number of anilines is 1. The van der Waals surface area contributed by atoms with Gasteiger partial charge in [0.2, 0.25) is 11.1 Å². The molecule has 0 saturated heterocycles. The Balaban J connectivity index is 1.71. The van der Waals surface area contributed by atoms with Crippen LogP contribution in [0.1, 0.15) is 0 Å². The molecule has 90 valence electrons. The van der Waals surface area contributed by atoms with Crippen LogP contribution in [0, 0.1) is 0 Å². The lowest BCUT2D eigenvalue weighted by atomic mass is 10.3. The number of halogens is 1. The number of benzene rings is 1. The van der Waals surface area contributed by atoms with E-state index in [2.05, 4.69) is 31.1 Å². The van der Waals surface area contributed by atoms with E-state index in [0.29, 0.717) is 17.7 Å². The molecule has 0 bridgehead atoms. The molecule has 0 amide bonds. The monoisotopic (exact) mass is 314 g/mol. The fourth-order valence-electron chi connectivity index (χ4n) is 1.15. The molecule has 7 heteroatoms. The largest absolute Gasteiger partial charge is 0.493 e. The topological polar surface area (TPSA) is 76.8 Å². The van der Waals surface area contributed by atoms with Crippen molar-refractivity contribution in [2.24, 2.45) is 0 Å². The molecule has 0 aliphatic heterocycles. The number of nitrogens with two attached hydrogens (primary N) is 1. The highest BCUT2D eigenvalue weighted by molar-refractivity contribution is 9.10. The smallest absolute Gasteiger partial charge is 0.216 e. The third kappa shape index (κ3) is 3.94. The van der Waals surface area contributed by atoms with Gasteiger partial charge in [-0.15, -0.1) is 5.10 Å². The maximum absolute atomic E-state index is 5.55. The molecule has 0 unspecified atom stereocenters. The summed E-state index contributed by atoms with van der Waals surface area (Å²) in [5.41, 5.74) is 5.41. The second kappa shape index (κ2) is 5.92. The number of aromatic amines is 1. The average molecular weight is 315 g/mol. The van der Waals surface area contributed by atoms with Gasteiger partial charge in [-0.2, -0.15) is 4.98 Å². The van der Waals surface area contributed by atoms with Gasteiger partial charge in [0.1, 0.15) is 5.75 Å². The van der Waals surface area contributed by atoms with E-state index in [9.17, 15) is 0 Å². The lowest BCUT2D eigenvalue weighted by Gasteiger charge is -2.04. The lowest BCUT2D eigenvalue weighted by Crippen LogP contribution is -2.00. The van der Waals surface area contributed by atoms with Crippen LogP contribution in [0.15, 0.2) is 33.9 Å². The number of rotatable bonds is 5. The molecule has 3 N–H and O–H groups in total. The third-order valence-corrected chi connectivity index (χ3v) is 3.22. The Morgan fingerprint density at radius 3 is 2.76 bits per heavy atom. The van der Waals surface area contributed by atoms with Gasteiger partial charge in [0.25, 0.3) is 0 Å². The van der Waals surface area contributed by atoms with Crippen molar-refractivity contribution < 1.29 is 4.74 Å². The van der Waals surface area contributed by atoms with E-state index >= 15 is 0 Å².